The molecule has 0 unspecified atom stereocenters. The van der Waals surface area contributed by atoms with Crippen LogP contribution in [0.5, 0.6) is 5.75 Å². The highest BCUT2D eigenvalue weighted by Crippen LogP contribution is 2.57. The quantitative estimate of drug-likeness (QED) is 0.189. The first-order chi connectivity index (χ1) is 21.0. The fraction of sp³-hybridized carbons (Fsp3) is 0.0833. The molecular weight excluding hydrogens is 602 g/mol. The third-order valence-corrected chi connectivity index (χ3v) is 8.66. The molecule has 0 saturated carbocycles. The van der Waals surface area contributed by atoms with Crippen molar-refractivity contribution in [2.75, 3.05) is 17.0 Å². The number of methoxy groups -OCH3 is 1. The number of carbonyl (C=O) groups excluding carboxylic acids is 2. The van der Waals surface area contributed by atoms with Crippen LogP contribution in [0, 0.1) is 0 Å². The molecule has 7 rings (SSSR count). The summed E-state index contributed by atoms with van der Waals surface area (Å²) >= 11 is 3.55. The lowest BCUT2D eigenvalue weighted by atomic mass is 9.71. The molecule has 5 aromatic rings. The van der Waals surface area contributed by atoms with Gasteiger partial charge in [-0.05, 0) is 65.7 Å². The number of hydrazone groups is 1. The number of benzene rings is 5. The maximum Gasteiger partial charge on any atom is 0.267 e. The molecule has 0 aromatic heterocycles. The number of hydrogen-bond acceptors (Lipinski definition) is 5. The van der Waals surface area contributed by atoms with Crippen LogP contribution in [0.4, 0.5) is 11.4 Å². The van der Waals surface area contributed by atoms with Gasteiger partial charge in [-0.2, -0.15) is 5.10 Å². The van der Waals surface area contributed by atoms with Crippen molar-refractivity contribution in [2.45, 2.75) is 11.5 Å². The summed E-state index contributed by atoms with van der Waals surface area (Å²) in [7, 11) is 1.63. The van der Waals surface area contributed by atoms with Crippen LogP contribution in [0.3, 0.4) is 0 Å². The largest absolute Gasteiger partial charge is 0.497 e. The number of amides is 2. The monoisotopic (exact) mass is 627 g/mol. The maximum absolute atomic E-state index is 15.3. The summed E-state index contributed by atoms with van der Waals surface area (Å²) in [4.78, 5) is 30.8. The van der Waals surface area contributed by atoms with Crippen LogP contribution in [-0.4, -0.2) is 24.6 Å². The molecular formula is C36H26BrN3O3. The first kappa shape index (κ1) is 26.9. The van der Waals surface area contributed by atoms with E-state index in [1.807, 2.05) is 114 Å². The van der Waals surface area contributed by atoms with Gasteiger partial charge in [0.1, 0.15) is 5.75 Å². The smallest absolute Gasteiger partial charge is 0.267 e. The molecule has 0 N–H and O–H groups in total. The predicted octanol–water partition coefficient (Wildman–Crippen LogP) is 7.55. The Balaban J connectivity index is 1.53. The Morgan fingerprint density at radius 2 is 1.42 bits per heavy atom. The van der Waals surface area contributed by atoms with Crippen molar-refractivity contribution in [1.82, 2.24) is 0 Å². The lowest BCUT2D eigenvalue weighted by Crippen LogP contribution is -2.54. The lowest BCUT2D eigenvalue weighted by molar-refractivity contribution is -0.122. The molecule has 2 atom stereocenters. The number of ether oxygens (including phenoxy) is 1. The van der Waals surface area contributed by atoms with Crippen LogP contribution in [0.15, 0.2) is 143 Å². The van der Waals surface area contributed by atoms with E-state index in [1.54, 1.807) is 31.4 Å². The van der Waals surface area contributed by atoms with E-state index in [0.717, 1.165) is 27.0 Å². The highest BCUT2D eigenvalue weighted by molar-refractivity contribution is 9.10. The predicted molar refractivity (Wildman–Crippen MR) is 172 cm³/mol. The highest BCUT2D eigenvalue weighted by atomic mass is 79.9. The minimum Gasteiger partial charge on any atom is -0.497 e. The number of rotatable bonds is 5. The number of carbonyl (C=O) groups is 2. The number of imide groups is 1. The molecule has 2 aliphatic heterocycles. The zero-order chi connectivity index (χ0) is 29.6. The molecule has 0 saturated heterocycles. The Morgan fingerprint density at radius 1 is 0.791 bits per heavy atom. The maximum atomic E-state index is 15.3. The van der Waals surface area contributed by atoms with Crippen molar-refractivity contribution in [3.8, 4) is 5.75 Å². The molecule has 0 fully saturated rings. The Bertz CT molecular complexity index is 1860. The zero-order valence-corrected chi connectivity index (χ0v) is 24.8. The second kappa shape index (κ2) is 10.7. The molecule has 5 aromatic carbocycles. The molecule has 1 spiro atoms. The molecule has 2 heterocycles. The number of fused-ring (bicyclic) bond motifs is 2. The van der Waals surface area contributed by atoms with Crippen LogP contribution in [0.2, 0.25) is 0 Å². The molecule has 43 heavy (non-hydrogen) atoms. The molecule has 2 aliphatic rings. The van der Waals surface area contributed by atoms with Crippen molar-refractivity contribution in [3.05, 3.63) is 160 Å². The van der Waals surface area contributed by atoms with Gasteiger partial charge in [-0.3, -0.25) is 9.59 Å². The minimum absolute atomic E-state index is 0.360. The molecule has 2 amide bonds. The molecule has 0 radical (unpaired) electrons. The second-order valence-corrected chi connectivity index (χ2v) is 11.4. The van der Waals surface area contributed by atoms with Crippen molar-refractivity contribution < 1.29 is 14.3 Å². The normalized spacial score (nSPS) is 19.0. The van der Waals surface area contributed by atoms with Crippen molar-refractivity contribution in [2.24, 2.45) is 5.10 Å². The van der Waals surface area contributed by atoms with Crippen molar-refractivity contribution >= 4 is 44.8 Å². The Kier molecular flexibility index (Phi) is 6.67. The first-order valence-electron chi connectivity index (χ1n) is 13.9. The number of nitrogens with zero attached hydrogens (tertiary/aromatic N) is 3. The van der Waals surface area contributed by atoms with Crippen LogP contribution < -0.4 is 14.6 Å². The van der Waals surface area contributed by atoms with E-state index in [4.69, 9.17) is 9.84 Å². The van der Waals surface area contributed by atoms with Crippen molar-refractivity contribution in [3.63, 3.8) is 0 Å². The van der Waals surface area contributed by atoms with E-state index in [0.29, 0.717) is 22.6 Å². The van der Waals surface area contributed by atoms with E-state index >= 15 is 4.79 Å². The fourth-order valence-corrected chi connectivity index (χ4v) is 6.48. The number of hydrogen-bond donors (Lipinski definition) is 0. The fourth-order valence-electron chi connectivity index (χ4n) is 6.22. The number of halogens is 1. The van der Waals surface area contributed by atoms with E-state index < -0.39 is 11.5 Å². The van der Waals surface area contributed by atoms with Gasteiger partial charge in [0.2, 0.25) is 0 Å². The van der Waals surface area contributed by atoms with Gasteiger partial charge in [0.15, 0.2) is 5.54 Å². The third kappa shape index (κ3) is 4.19. The Hall–Kier alpha value is -5.01. The summed E-state index contributed by atoms with van der Waals surface area (Å²) in [6, 6.07) is 41.9. The van der Waals surface area contributed by atoms with E-state index in [2.05, 4.69) is 15.9 Å². The summed E-state index contributed by atoms with van der Waals surface area (Å²) in [5, 5.41) is 7.07. The van der Waals surface area contributed by atoms with Gasteiger partial charge in [-0.15, -0.1) is 0 Å². The third-order valence-electron chi connectivity index (χ3n) is 8.13. The molecule has 210 valence electrons. The Morgan fingerprint density at radius 3 is 2.09 bits per heavy atom. The minimum atomic E-state index is -1.39. The second-order valence-electron chi connectivity index (χ2n) is 10.4. The van der Waals surface area contributed by atoms with E-state index in [1.165, 1.54) is 4.90 Å². The van der Waals surface area contributed by atoms with E-state index in [9.17, 15) is 4.79 Å². The summed E-state index contributed by atoms with van der Waals surface area (Å²) in [6.07, 6.45) is 0. The van der Waals surface area contributed by atoms with Crippen LogP contribution in [-0.2, 0) is 10.3 Å². The van der Waals surface area contributed by atoms with E-state index in [-0.39, 0.29) is 11.8 Å². The van der Waals surface area contributed by atoms with Crippen LogP contribution in [0.1, 0.15) is 33.0 Å². The van der Waals surface area contributed by atoms with Gasteiger partial charge >= 0.3 is 0 Å². The van der Waals surface area contributed by atoms with Gasteiger partial charge in [0, 0.05) is 15.6 Å². The zero-order valence-electron chi connectivity index (χ0n) is 23.2. The lowest BCUT2D eigenvalue weighted by Gasteiger charge is -2.38. The average molecular weight is 629 g/mol. The van der Waals surface area contributed by atoms with Gasteiger partial charge in [-0.1, -0.05) is 94.8 Å². The topological polar surface area (TPSA) is 62.2 Å². The van der Waals surface area contributed by atoms with Gasteiger partial charge in [-0.25, -0.2) is 9.91 Å². The molecule has 7 heteroatoms. The highest BCUT2D eigenvalue weighted by Gasteiger charge is 2.65. The SMILES string of the molecule is COc1ccc([C@@H]2C(c3ccccc3)=NN(c3ccc(Br)cc3)[C@@]23C(=O)N(C(=O)c2ccccc2)c2ccccc23)cc1. The standard InChI is InChI=1S/C36H26BrN3O3/c1-43-29-22-16-24(17-23-29)32-33(25-10-4-2-5-11-25)38-40(28-20-18-27(37)19-21-28)36(32)30-14-8-9-15-31(30)39(35(36)42)34(41)26-12-6-3-7-13-26/h2-23,32H,1H3/t32-,36-/m1/s1. The van der Waals surface area contributed by atoms with Crippen molar-refractivity contribution in [1.29, 1.82) is 0 Å². The van der Waals surface area contributed by atoms with Gasteiger partial charge in [0.25, 0.3) is 11.8 Å². The average Bonchev–Trinajstić information content (AvgIpc) is 3.55. The van der Waals surface area contributed by atoms with Crippen LogP contribution >= 0.6 is 15.9 Å². The molecule has 6 nitrogen and oxygen atoms in total. The van der Waals surface area contributed by atoms with Gasteiger partial charge in [0.05, 0.1) is 30.1 Å². The summed E-state index contributed by atoms with van der Waals surface area (Å²) < 4.78 is 6.38. The molecule has 0 aliphatic carbocycles. The molecule has 0 bridgehead atoms. The number of anilines is 2. The van der Waals surface area contributed by atoms with Gasteiger partial charge < -0.3 is 4.74 Å². The summed E-state index contributed by atoms with van der Waals surface area (Å²) in [6.45, 7) is 0. The Labute approximate surface area is 258 Å². The number of para-hydroxylation sites is 1. The first-order valence-corrected chi connectivity index (χ1v) is 14.7. The summed E-state index contributed by atoms with van der Waals surface area (Å²) in [5.41, 5.74) is 3.51. The van der Waals surface area contributed by atoms with Crippen LogP contribution in [0.25, 0.3) is 0 Å². The summed E-state index contributed by atoms with van der Waals surface area (Å²) in [5.74, 6) is -0.599.